The van der Waals surface area contributed by atoms with E-state index in [4.69, 9.17) is 10.4 Å². The summed E-state index contributed by atoms with van der Waals surface area (Å²) >= 11 is 0. The van der Waals surface area contributed by atoms with Crippen molar-refractivity contribution in [1.29, 1.82) is 5.26 Å². The van der Waals surface area contributed by atoms with Crippen molar-refractivity contribution in [1.82, 2.24) is 9.88 Å². The van der Waals surface area contributed by atoms with Crippen LogP contribution in [0.5, 0.6) is 0 Å². The summed E-state index contributed by atoms with van der Waals surface area (Å²) in [6.07, 6.45) is 4.07. The lowest BCUT2D eigenvalue weighted by Crippen LogP contribution is -2.35. The number of nitrogens with zero attached hydrogens (tertiary/aromatic N) is 3. The molecule has 6 heteroatoms. The molecule has 1 atom stereocenters. The molecule has 0 aliphatic rings. The lowest BCUT2D eigenvalue weighted by atomic mass is 10.2. The number of hydrogen-bond donors (Lipinski definition) is 1. The van der Waals surface area contributed by atoms with Crippen molar-refractivity contribution in [3.05, 3.63) is 35.7 Å². The van der Waals surface area contributed by atoms with Crippen molar-refractivity contribution >= 4 is 18.0 Å². The fourth-order valence-electron chi connectivity index (χ4n) is 1.45. The zero-order valence-electron chi connectivity index (χ0n) is 11.3. The van der Waals surface area contributed by atoms with Crippen LogP contribution in [0.4, 0.5) is 0 Å². The van der Waals surface area contributed by atoms with Gasteiger partial charge < -0.3 is 10.0 Å². The second-order valence-corrected chi connectivity index (χ2v) is 4.28. The first-order valence-electron chi connectivity index (χ1n) is 5.97. The van der Waals surface area contributed by atoms with Crippen LogP contribution in [0.15, 0.2) is 24.4 Å². The van der Waals surface area contributed by atoms with Gasteiger partial charge in [-0.1, -0.05) is 6.07 Å². The predicted octanol–water partition coefficient (Wildman–Crippen LogP) is 1.55. The quantitative estimate of drug-likeness (QED) is 0.821. The van der Waals surface area contributed by atoms with Gasteiger partial charge in [0.2, 0.25) is 0 Å². The van der Waals surface area contributed by atoms with Crippen molar-refractivity contribution in [2.24, 2.45) is 0 Å². The number of carboxylic acids is 1. The molecule has 1 aromatic heterocycles. The molecular weight excluding hydrogens is 258 g/mol. The summed E-state index contributed by atoms with van der Waals surface area (Å²) < 4.78 is 0. The summed E-state index contributed by atoms with van der Waals surface area (Å²) in [6.45, 7) is 1.78. The van der Waals surface area contributed by atoms with Gasteiger partial charge in [-0.05, 0) is 24.6 Å². The number of carboxylic acid groups (broad SMARTS) is 1. The number of aromatic nitrogens is 1. The highest BCUT2D eigenvalue weighted by Gasteiger charge is 2.18. The van der Waals surface area contributed by atoms with E-state index in [0.29, 0.717) is 5.56 Å². The van der Waals surface area contributed by atoms with Gasteiger partial charge in [-0.3, -0.25) is 9.78 Å². The van der Waals surface area contributed by atoms with E-state index in [9.17, 15) is 9.59 Å². The van der Waals surface area contributed by atoms with E-state index in [0.717, 1.165) is 6.08 Å². The molecule has 6 nitrogen and oxygen atoms in total. The molecule has 1 unspecified atom stereocenters. The van der Waals surface area contributed by atoms with Gasteiger partial charge in [-0.2, -0.15) is 5.26 Å². The Hall–Kier alpha value is -2.68. The van der Waals surface area contributed by atoms with Crippen LogP contribution < -0.4 is 0 Å². The third-order valence-electron chi connectivity index (χ3n) is 2.79. The second kappa shape index (κ2) is 7.04. The Labute approximate surface area is 117 Å². The van der Waals surface area contributed by atoms with Crippen molar-refractivity contribution in [3.8, 4) is 6.07 Å². The second-order valence-electron chi connectivity index (χ2n) is 4.28. The molecular formula is C14H15N3O3. The molecule has 0 aliphatic carbocycles. The van der Waals surface area contributed by atoms with Gasteiger partial charge in [0.15, 0.2) is 0 Å². The topological polar surface area (TPSA) is 94.3 Å². The van der Waals surface area contributed by atoms with Crippen LogP contribution in [0.25, 0.3) is 6.08 Å². The average Bonchev–Trinajstić information content (AvgIpc) is 2.44. The van der Waals surface area contributed by atoms with E-state index >= 15 is 0 Å². The molecule has 1 amide bonds. The Kier molecular flexibility index (Phi) is 5.42. The van der Waals surface area contributed by atoms with Crippen LogP contribution in [-0.2, 0) is 4.79 Å². The van der Waals surface area contributed by atoms with Gasteiger partial charge in [0.05, 0.1) is 12.5 Å². The molecule has 0 fully saturated rings. The number of amides is 1. The maximum absolute atomic E-state index is 12.1. The number of carbonyl (C=O) groups is 2. The number of nitriles is 1. The molecule has 0 bridgehead atoms. The predicted molar refractivity (Wildman–Crippen MR) is 72.7 cm³/mol. The van der Waals surface area contributed by atoms with Gasteiger partial charge in [-0.15, -0.1) is 0 Å². The SMILES string of the molecule is CC(CC#N)N(C)C(=O)c1ccc(C=CC(=O)O)cn1. The van der Waals surface area contributed by atoms with Gasteiger partial charge >= 0.3 is 5.97 Å². The molecule has 0 radical (unpaired) electrons. The normalized spacial score (nSPS) is 11.8. The summed E-state index contributed by atoms with van der Waals surface area (Å²) in [5.74, 6) is -1.32. The number of hydrogen-bond acceptors (Lipinski definition) is 4. The summed E-state index contributed by atoms with van der Waals surface area (Å²) in [5.41, 5.74) is 0.849. The molecule has 0 spiro atoms. The summed E-state index contributed by atoms with van der Waals surface area (Å²) in [5, 5.41) is 17.1. The highest BCUT2D eigenvalue weighted by molar-refractivity contribution is 5.92. The van der Waals surface area contributed by atoms with E-state index < -0.39 is 5.97 Å². The van der Waals surface area contributed by atoms with Crippen molar-refractivity contribution in [2.45, 2.75) is 19.4 Å². The third-order valence-corrected chi connectivity index (χ3v) is 2.79. The fourth-order valence-corrected chi connectivity index (χ4v) is 1.45. The van der Waals surface area contributed by atoms with Crippen LogP contribution in [0, 0.1) is 11.3 Å². The van der Waals surface area contributed by atoms with Gasteiger partial charge in [0, 0.05) is 25.4 Å². The van der Waals surface area contributed by atoms with Gasteiger partial charge in [0.25, 0.3) is 5.91 Å². The largest absolute Gasteiger partial charge is 0.478 e. The Balaban J connectivity index is 2.80. The molecule has 1 aromatic rings. The third kappa shape index (κ3) is 4.21. The number of carbonyl (C=O) groups excluding carboxylic acids is 1. The summed E-state index contributed by atoms with van der Waals surface area (Å²) in [4.78, 5) is 27.9. The first kappa shape index (κ1) is 15.4. The Bertz CT molecular complexity index is 558. The lowest BCUT2D eigenvalue weighted by Gasteiger charge is -2.22. The highest BCUT2D eigenvalue weighted by atomic mass is 16.4. The number of aliphatic carboxylic acids is 1. The van der Waals surface area contributed by atoms with Crippen LogP contribution in [0.3, 0.4) is 0 Å². The minimum absolute atomic E-state index is 0.194. The van der Waals surface area contributed by atoms with Crippen molar-refractivity contribution < 1.29 is 14.7 Å². The zero-order chi connectivity index (χ0) is 15.1. The highest BCUT2D eigenvalue weighted by Crippen LogP contribution is 2.08. The number of pyridine rings is 1. The average molecular weight is 273 g/mol. The number of rotatable bonds is 5. The van der Waals surface area contributed by atoms with Crippen LogP contribution in [0.1, 0.15) is 29.4 Å². The van der Waals surface area contributed by atoms with E-state index in [-0.39, 0.29) is 24.1 Å². The van der Waals surface area contributed by atoms with Gasteiger partial charge in [0.1, 0.15) is 5.69 Å². The fraction of sp³-hybridized carbons (Fsp3) is 0.286. The minimum atomic E-state index is -1.05. The molecule has 0 aromatic carbocycles. The van der Waals surface area contributed by atoms with Crippen LogP contribution in [0.2, 0.25) is 0 Å². The van der Waals surface area contributed by atoms with Crippen LogP contribution >= 0.6 is 0 Å². The Morgan fingerprint density at radius 2 is 2.25 bits per heavy atom. The molecule has 104 valence electrons. The smallest absolute Gasteiger partial charge is 0.328 e. The summed E-state index contributed by atoms with van der Waals surface area (Å²) in [6, 6.07) is 4.96. The summed E-state index contributed by atoms with van der Waals surface area (Å²) in [7, 11) is 1.62. The van der Waals surface area contributed by atoms with Crippen molar-refractivity contribution in [3.63, 3.8) is 0 Å². The monoisotopic (exact) mass is 273 g/mol. The van der Waals surface area contributed by atoms with Crippen molar-refractivity contribution in [2.75, 3.05) is 7.05 Å². The first-order valence-corrected chi connectivity index (χ1v) is 5.97. The molecule has 0 saturated carbocycles. The minimum Gasteiger partial charge on any atom is -0.478 e. The molecule has 20 heavy (non-hydrogen) atoms. The van der Waals surface area contributed by atoms with E-state index in [1.807, 2.05) is 6.07 Å². The zero-order valence-corrected chi connectivity index (χ0v) is 11.3. The van der Waals surface area contributed by atoms with E-state index in [1.54, 1.807) is 20.0 Å². The van der Waals surface area contributed by atoms with E-state index in [2.05, 4.69) is 4.98 Å². The lowest BCUT2D eigenvalue weighted by molar-refractivity contribution is -0.131. The molecule has 1 heterocycles. The Morgan fingerprint density at radius 1 is 1.55 bits per heavy atom. The molecule has 0 saturated heterocycles. The standard InChI is InChI=1S/C14H15N3O3/c1-10(7-8-15)17(2)14(20)12-5-3-11(9-16-12)4-6-13(18)19/h3-6,9-10H,7H2,1-2H3,(H,18,19). The first-order chi connectivity index (χ1) is 9.45. The maximum atomic E-state index is 12.1. The maximum Gasteiger partial charge on any atom is 0.328 e. The Morgan fingerprint density at radius 3 is 2.75 bits per heavy atom. The van der Waals surface area contributed by atoms with Gasteiger partial charge in [-0.25, -0.2) is 4.79 Å². The molecule has 1 rings (SSSR count). The molecule has 0 aliphatic heterocycles. The van der Waals surface area contributed by atoms with Crippen LogP contribution in [-0.4, -0.2) is 40.0 Å². The molecule has 1 N–H and O–H groups in total. The van der Waals surface area contributed by atoms with E-state index in [1.165, 1.54) is 23.2 Å².